The molecule has 0 saturated carbocycles. The van der Waals surface area contributed by atoms with E-state index < -0.39 is 0 Å². The second-order valence-electron chi connectivity index (χ2n) is 1.59. The molecule has 2 nitrogen and oxygen atoms in total. The van der Waals surface area contributed by atoms with Crippen molar-refractivity contribution >= 4 is 0 Å². The van der Waals surface area contributed by atoms with Gasteiger partial charge in [0, 0.05) is 30.2 Å². The number of hydrogen-bond donors (Lipinski definition) is 1. The number of nitrogens with two attached hydrogens (primary N) is 1. The zero-order valence-corrected chi connectivity index (χ0v) is 5.68. The third-order valence-electron chi connectivity index (χ3n) is 0.576. The van der Waals surface area contributed by atoms with Gasteiger partial charge in [0.2, 0.25) is 0 Å². The molecule has 0 fully saturated rings. The Labute approximate surface area is 55.5 Å². The molecule has 0 aliphatic heterocycles. The van der Waals surface area contributed by atoms with E-state index >= 15 is 0 Å². The van der Waals surface area contributed by atoms with Gasteiger partial charge >= 0.3 is 0 Å². The van der Waals surface area contributed by atoms with Crippen molar-refractivity contribution in [3.8, 4) is 0 Å². The summed E-state index contributed by atoms with van der Waals surface area (Å²) < 4.78 is 0. The van der Waals surface area contributed by atoms with Crippen molar-refractivity contribution in [3.05, 3.63) is 0 Å². The molecular formula is C4H12CuN2. The van der Waals surface area contributed by atoms with E-state index in [4.69, 9.17) is 5.73 Å². The first-order chi connectivity index (χ1) is 2.77. The molecule has 1 radical (unpaired) electrons. The van der Waals surface area contributed by atoms with Gasteiger partial charge in [-0.2, -0.15) is 0 Å². The number of likely N-dealkylation sites (N-methyl/N-ethyl adjacent to an activating group) is 1. The van der Waals surface area contributed by atoms with Crippen LogP contribution < -0.4 is 5.73 Å². The zero-order chi connectivity index (χ0) is 4.99. The summed E-state index contributed by atoms with van der Waals surface area (Å²) >= 11 is 0. The second-order valence-corrected chi connectivity index (χ2v) is 1.59. The van der Waals surface area contributed by atoms with E-state index in [1.807, 2.05) is 14.1 Å². The number of nitrogens with zero attached hydrogens (tertiary/aromatic N) is 1. The third-order valence-corrected chi connectivity index (χ3v) is 0.576. The van der Waals surface area contributed by atoms with Gasteiger partial charge in [-0.1, -0.05) is 0 Å². The summed E-state index contributed by atoms with van der Waals surface area (Å²) in [6.07, 6.45) is 0. The summed E-state index contributed by atoms with van der Waals surface area (Å²) in [6, 6.07) is 0. The molecule has 0 aliphatic carbocycles. The van der Waals surface area contributed by atoms with Gasteiger partial charge in [0.05, 0.1) is 0 Å². The van der Waals surface area contributed by atoms with Gasteiger partial charge in [-0.25, -0.2) is 0 Å². The number of hydrogen-bond acceptors (Lipinski definition) is 2. The largest absolute Gasteiger partial charge is 0.329 e. The van der Waals surface area contributed by atoms with Gasteiger partial charge in [-0.3, -0.25) is 0 Å². The maximum absolute atomic E-state index is 5.19. The summed E-state index contributed by atoms with van der Waals surface area (Å²) in [4.78, 5) is 2.06. The maximum Gasteiger partial charge on any atom is 0.00985 e. The normalized spacial score (nSPS) is 8.57. The third kappa shape index (κ3) is 10.7. The minimum absolute atomic E-state index is 0. The fraction of sp³-hybridized carbons (Fsp3) is 1.00. The molecule has 0 aromatic rings. The first kappa shape index (κ1) is 10.4. The molecule has 0 aromatic heterocycles. The summed E-state index contributed by atoms with van der Waals surface area (Å²) in [5.74, 6) is 0. The van der Waals surface area contributed by atoms with Crippen LogP contribution in [0.25, 0.3) is 0 Å². The smallest absolute Gasteiger partial charge is 0.00985 e. The van der Waals surface area contributed by atoms with Crippen molar-refractivity contribution in [2.24, 2.45) is 5.73 Å². The fourth-order valence-corrected chi connectivity index (χ4v) is 0.258. The van der Waals surface area contributed by atoms with Gasteiger partial charge in [0.25, 0.3) is 0 Å². The van der Waals surface area contributed by atoms with Crippen molar-refractivity contribution in [1.82, 2.24) is 4.90 Å². The van der Waals surface area contributed by atoms with Crippen molar-refractivity contribution in [1.29, 1.82) is 0 Å². The molecular weight excluding hydrogens is 140 g/mol. The maximum atomic E-state index is 5.19. The van der Waals surface area contributed by atoms with Crippen molar-refractivity contribution in [3.63, 3.8) is 0 Å². The monoisotopic (exact) mass is 151 g/mol. The molecule has 0 bridgehead atoms. The fourth-order valence-electron chi connectivity index (χ4n) is 0.258. The molecule has 0 unspecified atom stereocenters. The molecule has 3 heteroatoms. The van der Waals surface area contributed by atoms with Crippen LogP contribution in [0, 0.1) is 0 Å². The average Bonchev–Trinajstić information content (AvgIpc) is 1.35. The van der Waals surface area contributed by atoms with Crippen molar-refractivity contribution in [2.45, 2.75) is 0 Å². The molecule has 0 spiro atoms. The molecule has 0 aliphatic rings. The van der Waals surface area contributed by atoms with E-state index in [0.29, 0.717) is 0 Å². The van der Waals surface area contributed by atoms with Crippen LogP contribution in [0.4, 0.5) is 0 Å². The molecule has 49 valence electrons. The molecule has 0 heterocycles. The Bertz CT molecular complexity index is 30.9. The Balaban J connectivity index is 0. The predicted molar refractivity (Wildman–Crippen MR) is 27.6 cm³/mol. The Morgan fingerprint density at radius 2 is 1.86 bits per heavy atom. The van der Waals surface area contributed by atoms with Gasteiger partial charge in [0.1, 0.15) is 0 Å². The molecule has 0 rings (SSSR count). The van der Waals surface area contributed by atoms with Crippen LogP contribution in [0.2, 0.25) is 0 Å². The summed E-state index contributed by atoms with van der Waals surface area (Å²) in [5.41, 5.74) is 5.19. The zero-order valence-electron chi connectivity index (χ0n) is 4.74. The Morgan fingerprint density at radius 3 is 1.86 bits per heavy atom. The Kier molecular flexibility index (Phi) is 9.59. The summed E-state index contributed by atoms with van der Waals surface area (Å²) in [6.45, 7) is 1.74. The SMILES string of the molecule is CN(C)CCN.[Cu]. The standard InChI is InChI=1S/C4H12N2.Cu/c1-6(2)4-3-5;/h3-5H2,1-2H3;. The molecule has 0 saturated heterocycles. The predicted octanol–water partition coefficient (Wildman–Crippen LogP) is -0.496. The van der Waals surface area contributed by atoms with Crippen LogP contribution >= 0.6 is 0 Å². The minimum atomic E-state index is 0. The van der Waals surface area contributed by atoms with E-state index in [1.165, 1.54) is 0 Å². The van der Waals surface area contributed by atoms with Gasteiger partial charge in [-0.05, 0) is 14.1 Å². The van der Waals surface area contributed by atoms with Crippen LogP contribution in [0.3, 0.4) is 0 Å². The molecule has 2 N–H and O–H groups in total. The van der Waals surface area contributed by atoms with E-state index in [-0.39, 0.29) is 17.1 Å². The van der Waals surface area contributed by atoms with E-state index in [0.717, 1.165) is 13.1 Å². The van der Waals surface area contributed by atoms with Crippen LogP contribution in [0.1, 0.15) is 0 Å². The van der Waals surface area contributed by atoms with Crippen LogP contribution in [-0.2, 0) is 17.1 Å². The summed E-state index contributed by atoms with van der Waals surface area (Å²) in [5, 5.41) is 0. The number of rotatable bonds is 2. The second kappa shape index (κ2) is 6.44. The van der Waals surface area contributed by atoms with Crippen molar-refractivity contribution < 1.29 is 17.1 Å². The molecule has 0 amide bonds. The topological polar surface area (TPSA) is 29.3 Å². The molecule has 7 heavy (non-hydrogen) atoms. The van der Waals surface area contributed by atoms with E-state index in [1.54, 1.807) is 0 Å². The van der Waals surface area contributed by atoms with Crippen LogP contribution in [0.5, 0.6) is 0 Å². The van der Waals surface area contributed by atoms with Gasteiger partial charge in [0.15, 0.2) is 0 Å². The summed E-state index contributed by atoms with van der Waals surface area (Å²) in [7, 11) is 4.01. The molecule has 0 atom stereocenters. The first-order valence-electron chi connectivity index (χ1n) is 2.12. The van der Waals surface area contributed by atoms with Crippen molar-refractivity contribution in [2.75, 3.05) is 27.2 Å². The van der Waals surface area contributed by atoms with Crippen LogP contribution in [0.15, 0.2) is 0 Å². The van der Waals surface area contributed by atoms with E-state index in [9.17, 15) is 0 Å². The quantitative estimate of drug-likeness (QED) is 0.540. The van der Waals surface area contributed by atoms with Crippen LogP contribution in [-0.4, -0.2) is 32.1 Å². The van der Waals surface area contributed by atoms with Gasteiger partial charge in [-0.15, -0.1) is 0 Å². The molecule has 0 aromatic carbocycles. The Morgan fingerprint density at radius 1 is 1.43 bits per heavy atom. The van der Waals surface area contributed by atoms with Gasteiger partial charge < -0.3 is 10.6 Å². The average molecular weight is 152 g/mol. The Hall–Kier alpha value is 0.439. The van der Waals surface area contributed by atoms with E-state index in [2.05, 4.69) is 4.90 Å². The minimum Gasteiger partial charge on any atom is -0.329 e. The first-order valence-corrected chi connectivity index (χ1v) is 2.12.